The predicted octanol–water partition coefficient (Wildman–Crippen LogP) is 1.31. The number of likely N-dealkylation sites (tertiary alicyclic amines) is 1. The molecule has 0 radical (unpaired) electrons. The smallest absolute Gasteiger partial charge is 0.320 e. The second kappa shape index (κ2) is 6.86. The molecule has 1 heterocycles. The summed E-state index contributed by atoms with van der Waals surface area (Å²) < 4.78 is 0. The fraction of sp³-hybridized carbons (Fsp3) is 0.917. The average Bonchev–Trinajstić information content (AvgIpc) is 2.26. The Hall–Kier alpha value is -0.610. The molecule has 1 unspecified atom stereocenters. The van der Waals surface area contributed by atoms with E-state index in [1.807, 2.05) is 0 Å². The van der Waals surface area contributed by atoms with Crippen molar-refractivity contribution in [1.29, 1.82) is 0 Å². The molecule has 0 aromatic carbocycles. The molecule has 1 aliphatic heterocycles. The van der Waals surface area contributed by atoms with Crippen LogP contribution in [0.3, 0.4) is 0 Å². The first-order chi connectivity index (χ1) is 7.61. The van der Waals surface area contributed by atoms with E-state index in [-0.39, 0.29) is 0 Å². The molecular formula is C12H24N2O2. The number of hydrogen-bond acceptors (Lipinski definition) is 3. The molecule has 4 heteroatoms. The van der Waals surface area contributed by atoms with Crippen LogP contribution in [0.25, 0.3) is 0 Å². The van der Waals surface area contributed by atoms with Crippen molar-refractivity contribution < 1.29 is 9.90 Å². The summed E-state index contributed by atoms with van der Waals surface area (Å²) in [7, 11) is 0. The highest BCUT2D eigenvalue weighted by Crippen LogP contribution is 2.15. The third kappa shape index (κ3) is 4.49. The lowest BCUT2D eigenvalue weighted by Gasteiger charge is -2.33. The van der Waals surface area contributed by atoms with Crippen molar-refractivity contribution in [2.45, 2.75) is 51.6 Å². The minimum absolute atomic E-state index is 0.432. The first-order valence-corrected chi connectivity index (χ1v) is 6.31. The van der Waals surface area contributed by atoms with Crippen LogP contribution in [-0.4, -0.2) is 47.7 Å². The lowest BCUT2D eigenvalue weighted by atomic mass is 10.0. The second-order valence-corrected chi connectivity index (χ2v) is 4.75. The molecule has 94 valence electrons. The fourth-order valence-electron chi connectivity index (χ4n) is 2.18. The molecule has 1 saturated heterocycles. The zero-order valence-electron chi connectivity index (χ0n) is 10.4. The molecular weight excluding hydrogens is 204 g/mol. The van der Waals surface area contributed by atoms with Crippen LogP contribution in [0.15, 0.2) is 0 Å². The average molecular weight is 228 g/mol. The Morgan fingerprint density at radius 1 is 1.56 bits per heavy atom. The van der Waals surface area contributed by atoms with Gasteiger partial charge in [0.25, 0.3) is 0 Å². The van der Waals surface area contributed by atoms with Crippen LogP contribution in [-0.2, 0) is 4.79 Å². The van der Waals surface area contributed by atoms with Gasteiger partial charge >= 0.3 is 5.97 Å². The fourth-order valence-corrected chi connectivity index (χ4v) is 2.18. The van der Waals surface area contributed by atoms with Crippen molar-refractivity contribution in [2.24, 2.45) is 0 Å². The van der Waals surface area contributed by atoms with E-state index in [4.69, 9.17) is 5.11 Å². The molecule has 0 bridgehead atoms. The highest BCUT2D eigenvalue weighted by Gasteiger charge is 2.17. The number of rotatable bonds is 6. The summed E-state index contributed by atoms with van der Waals surface area (Å²) in [4.78, 5) is 13.1. The Bertz CT molecular complexity index is 221. The van der Waals surface area contributed by atoms with Gasteiger partial charge in [0.15, 0.2) is 0 Å². The van der Waals surface area contributed by atoms with Crippen LogP contribution < -0.4 is 5.32 Å². The van der Waals surface area contributed by atoms with Gasteiger partial charge in [0.2, 0.25) is 0 Å². The van der Waals surface area contributed by atoms with Crippen molar-refractivity contribution >= 4 is 5.97 Å². The van der Waals surface area contributed by atoms with E-state index in [1.54, 1.807) is 6.92 Å². The number of nitrogens with one attached hydrogen (secondary N) is 1. The predicted molar refractivity (Wildman–Crippen MR) is 64.6 cm³/mol. The topological polar surface area (TPSA) is 52.6 Å². The third-order valence-corrected chi connectivity index (χ3v) is 3.38. The van der Waals surface area contributed by atoms with Gasteiger partial charge < -0.3 is 15.3 Å². The van der Waals surface area contributed by atoms with Gasteiger partial charge in [-0.15, -0.1) is 0 Å². The highest BCUT2D eigenvalue weighted by atomic mass is 16.4. The Balaban J connectivity index is 2.08. The molecule has 2 N–H and O–H groups in total. The third-order valence-electron chi connectivity index (χ3n) is 3.38. The summed E-state index contributed by atoms with van der Waals surface area (Å²) in [5, 5.41) is 11.7. The molecule has 1 aliphatic rings. The van der Waals surface area contributed by atoms with Crippen LogP contribution >= 0.6 is 0 Å². The van der Waals surface area contributed by atoms with Crippen molar-refractivity contribution in [2.75, 3.05) is 19.6 Å². The van der Waals surface area contributed by atoms with Crippen LogP contribution in [0, 0.1) is 0 Å². The van der Waals surface area contributed by atoms with Crippen molar-refractivity contribution in [3.8, 4) is 0 Å². The standard InChI is InChI=1S/C12H24N2O2/c1-10-6-3-4-8-14(10)9-5-7-13-11(2)12(15)16/h10-11,13H,3-9H2,1-2H3,(H,15,16)/t10?,11-/m0/s1. The van der Waals surface area contributed by atoms with Gasteiger partial charge in [-0.2, -0.15) is 0 Å². The van der Waals surface area contributed by atoms with Crippen LogP contribution in [0.4, 0.5) is 0 Å². The minimum Gasteiger partial charge on any atom is -0.480 e. The van der Waals surface area contributed by atoms with E-state index in [1.165, 1.54) is 25.8 Å². The molecule has 4 nitrogen and oxygen atoms in total. The summed E-state index contributed by atoms with van der Waals surface area (Å²) in [5.41, 5.74) is 0. The zero-order chi connectivity index (χ0) is 12.0. The minimum atomic E-state index is -0.772. The lowest BCUT2D eigenvalue weighted by molar-refractivity contribution is -0.138. The van der Waals surface area contributed by atoms with Crippen LogP contribution in [0.5, 0.6) is 0 Å². The van der Waals surface area contributed by atoms with E-state index in [9.17, 15) is 4.79 Å². The van der Waals surface area contributed by atoms with Gasteiger partial charge in [-0.3, -0.25) is 4.79 Å². The summed E-state index contributed by atoms with van der Waals surface area (Å²) >= 11 is 0. The number of carboxylic acids is 1. The monoisotopic (exact) mass is 228 g/mol. The molecule has 0 spiro atoms. The first kappa shape index (κ1) is 13.5. The maximum atomic E-state index is 10.6. The summed E-state index contributed by atoms with van der Waals surface area (Å²) in [6.07, 6.45) is 5.00. The lowest BCUT2D eigenvalue weighted by Crippen LogP contribution is -2.40. The van der Waals surface area contributed by atoms with E-state index >= 15 is 0 Å². The van der Waals surface area contributed by atoms with E-state index in [2.05, 4.69) is 17.1 Å². The zero-order valence-corrected chi connectivity index (χ0v) is 10.4. The Morgan fingerprint density at radius 3 is 2.94 bits per heavy atom. The number of carboxylic acid groups (broad SMARTS) is 1. The van der Waals surface area contributed by atoms with E-state index in [0.29, 0.717) is 6.04 Å². The van der Waals surface area contributed by atoms with Crippen molar-refractivity contribution in [3.63, 3.8) is 0 Å². The summed E-state index contributed by atoms with van der Waals surface area (Å²) in [5.74, 6) is -0.772. The Morgan fingerprint density at radius 2 is 2.31 bits per heavy atom. The molecule has 0 amide bonds. The Kier molecular flexibility index (Phi) is 5.77. The largest absolute Gasteiger partial charge is 0.480 e. The van der Waals surface area contributed by atoms with Gasteiger partial charge in [-0.25, -0.2) is 0 Å². The SMILES string of the molecule is CC1CCCCN1CCCN[C@@H](C)C(=O)O. The maximum Gasteiger partial charge on any atom is 0.320 e. The van der Waals surface area contributed by atoms with Crippen LogP contribution in [0.1, 0.15) is 39.5 Å². The highest BCUT2D eigenvalue weighted by molar-refractivity contribution is 5.72. The molecule has 0 aliphatic carbocycles. The molecule has 2 atom stereocenters. The maximum absolute atomic E-state index is 10.6. The van der Waals surface area contributed by atoms with Gasteiger partial charge in [-0.1, -0.05) is 6.42 Å². The number of carbonyl (C=O) groups is 1. The number of nitrogens with zero attached hydrogens (tertiary/aromatic N) is 1. The molecule has 16 heavy (non-hydrogen) atoms. The van der Waals surface area contributed by atoms with Crippen molar-refractivity contribution in [3.05, 3.63) is 0 Å². The van der Waals surface area contributed by atoms with E-state index < -0.39 is 12.0 Å². The number of aliphatic carboxylic acids is 1. The van der Waals surface area contributed by atoms with Crippen molar-refractivity contribution in [1.82, 2.24) is 10.2 Å². The molecule has 1 fully saturated rings. The first-order valence-electron chi connectivity index (χ1n) is 6.31. The van der Waals surface area contributed by atoms with Gasteiger partial charge in [0.05, 0.1) is 0 Å². The van der Waals surface area contributed by atoms with Crippen LogP contribution in [0.2, 0.25) is 0 Å². The second-order valence-electron chi connectivity index (χ2n) is 4.75. The van der Waals surface area contributed by atoms with Gasteiger partial charge in [0, 0.05) is 6.04 Å². The molecule has 1 rings (SSSR count). The number of piperidine rings is 1. The number of hydrogen-bond donors (Lipinski definition) is 2. The molecule has 0 saturated carbocycles. The Labute approximate surface area is 98.0 Å². The quantitative estimate of drug-likeness (QED) is 0.673. The normalized spacial score (nSPS) is 24.2. The summed E-state index contributed by atoms with van der Waals surface area (Å²) in [6, 6.07) is 0.268. The van der Waals surface area contributed by atoms with Gasteiger partial charge in [-0.05, 0) is 52.7 Å². The van der Waals surface area contributed by atoms with Gasteiger partial charge in [0.1, 0.15) is 6.04 Å². The summed E-state index contributed by atoms with van der Waals surface area (Å²) in [6.45, 7) is 7.05. The molecule has 0 aromatic heterocycles. The molecule has 0 aromatic rings. The van der Waals surface area contributed by atoms with E-state index in [0.717, 1.165) is 19.5 Å².